The second kappa shape index (κ2) is 55.0. The van der Waals surface area contributed by atoms with Crippen molar-refractivity contribution in [1.29, 1.82) is 0 Å². The van der Waals surface area contributed by atoms with Gasteiger partial charge < -0.3 is 89.1 Å². The van der Waals surface area contributed by atoms with Gasteiger partial charge in [-0.25, -0.2) is 4.57 Å². The summed E-state index contributed by atoms with van der Waals surface area (Å²) in [5.74, 6) is -1.32. The molecule has 0 amide bonds. The third kappa shape index (κ3) is 38.3. The van der Waals surface area contributed by atoms with Crippen molar-refractivity contribution in [2.24, 2.45) is 5.92 Å². The van der Waals surface area contributed by atoms with Crippen molar-refractivity contribution in [2.75, 3.05) is 26.4 Å². The summed E-state index contributed by atoms with van der Waals surface area (Å²) in [6, 6.07) is 0. The number of phosphoric ester groups is 1. The first-order chi connectivity index (χ1) is 47.7. The first kappa shape index (κ1) is 90.7. The Bertz CT molecular complexity index is 2160. The number of hydrogen-bond acceptors (Lipinski definition) is 23. The molecule has 1 aliphatic carbocycles. The van der Waals surface area contributed by atoms with Gasteiger partial charge in [0.1, 0.15) is 98.7 Å². The van der Waals surface area contributed by atoms with Crippen molar-refractivity contribution in [3.05, 3.63) is 24.3 Å². The summed E-state index contributed by atoms with van der Waals surface area (Å²) in [7, 11) is -5.70. The third-order valence-corrected chi connectivity index (χ3v) is 20.1. The molecular formula is C74H135O24P. The molecule has 0 bridgehead atoms. The minimum absolute atomic E-state index is 0.0280. The van der Waals surface area contributed by atoms with Crippen LogP contribution in [0.4, 0.5) is 0 Å². The van der Waals surface area contributed by atoms with Crippen LogP contribution in [-0.4, -0.2) is 204 Å². The zero-order chi connectivity index (χ0) is 72.6. The molecule has 2 saturated heterocycles. The second-order valence-corrected chi connectivity index (χ2v) is 29.4. The van der Waals surface area contributed by atoms with E-state index in [0.717, 1.165) is 109 Å². The number of aliphatic hydroxyl groups is 10. The molecule has 11 N–H and O–H groups in total. The Hall–Kier alpha value is -2.56. The standard InChI is InChI=1S/C74H135O24P/c1-5-8-11-14-17-19-21-23-24-26-27-29-31-37-42-47-58(76)90-51-55(93-60(78)49-44-39-32-30-28-25-22-20-18-15-12-9-6-2)52-92-99(88,89)98-72-70(96-73-68(86)63(81)61(79)56(50-75)94-73)66(84)65(83)67(85)71(72)97-74-69(87)64(82)62(80)57(95-74)53-91-59(77)48-43-38-34-33-36-41-46-54(4)45-40-35-16-13-10-7-3/h19,21,25,28,54-57,61-75,79-87H,5-18,20,22-24,26-27,29-53H2,1-4H3,(H,88,89)/b21-19-,28-25-. The predicted molar refractivity (Wildman–Crippen MR) is 374 cm³/mol. The molecule has 19 atom stereocenters. The van der Waals surface area contributed by atoms with Crippen LogP contribution < -0.4 is 0 Å². The highest BCUT2D eigenvalue weighted by Gasteiger charge is 2.58. The first-order valence-electron chi connectivity index (χ1n) is 38.5. The van der Waals surface area contributed by atoms with Gasteiger partial charge in [-0.2, -0.15) is 0 Å². The number of phosphoric acid groups is 1. The maximum absolute atomic E-state index is 14.3. The average molecular weight is 1440 g/mol. The lowest BCUT2D eigenvalue weighted by Gasteiger charge is -2.49. The fourth-order valence-electron chi connectivity index (χ4n) is 12.7. The molecule has 3 fully saturated rings. The maximum Gasteiger partial charge on any atom is 0.472 e. The number of ether oxygens (including phenoxy) is 7. The predicted octanol–water partition coefficient (Wildman–Crippen LogP) is 10.8. The number of carbonyl (C=O) groups excluding carboxylic acids is 3. The maximum atomic E-state index is 14.3. The molecule has 3 rings (SSSR count). The van der Waals surface area contributed by atoms with Crippen LogP contribution in [0, 0.1) is 5.92 Å². The van der Waals surface area contributed by atoms with Crippen molar-refractivity contribution in [1.82, 2.24) is 0 Å². The molecule has 0 aromatic rings. The van der Waals surface area contributed by atoms with E-state index in [4.69, 9.17) is 42.2 Å². The normalized spacial score (nSPS) is 27.9. The minimum Gasteiger partial charge on any atom is -0.463 e. The van der Waals surface area contributed by atoms with E-state index in [-0.39, 0.29) is 19.3 Å². The highest BCUT2D eigenvalue weighted by atomic mass is 31.2. The molecule has 24 nitrogen and oxygen atoms in total. The zero-order valence-electron chi connectivity index (χ0n) is 60.7. The summed E-state index contributed by atoms with van der Waals surface area (Å²) in [5, 5.41) is 110. The number of unbranched alkanes of at least 4 members (excludes halogenated alkanes) is 30. The van der Waals surface area contributed by atoms with E-state index in [0.29, 0.717) is 31.6 Å². The third-order valence-electron chi connectivity index (χ3n) is 19.1. The van der Waals surface area contributed by atoms with E-state index >= 15 is 0 Å². The lowest BCUT2D eigenvalue weighted by atomic mass is 9.84. The summed E-state index contributed by atoms with van der Waals surface area (Å²) >= 11 is 0. The van der Waals surface area contributed by atoms with Crippen LogP contribution in [0.25, 0.3) is 0 Å². The molecule has 2 aliphatic heterocycles. The van der Waals surface area contributed by atoms with E-state index in [1.54, 1.807) is 0 Å². The highest BCUT2D eigenvalue weighted by Crippen LogP contribution is 2.49. The van der Waals surface area contributed by atoms with Gasteiger partial charge in [0.2, 0.25) is 0 Å². The summed E-state index contributed by atoms with van der Waals surface area (Å²) in [6.45, 7) is 5.73. The molecule has 19 unspecified atom stereocenters. The SMILES string of the molecule is CCCCCC/C=C\CCCCCCCCCC(=O)OCC(COP(=O)(O)OC1C(OC2OC(CO)C(O)C(O)C2O)C(O)C(O)C(O)C1OC1OC(COC(=O)CCCCCCCCC(C)CCCCCCCC)C(O)C(O)C1O)OC(=O)CCCCC/C=C\CCCCCCCC. The van der Waals surface area contributed by atoms with Crippen LogP contribution in [0.3, 0.4) is 0 Å². The van der Waals surface area contributed by atoms with Gasteiger partial charge in [-0.1, -0.05) is 225 Å². The summed E-state index contributed by atoms with van der Waals surface area (Å²) in [4.78, 5) is 51.0. The average Bonchev–Trinajstić information content (AvgIpc) is 0.765. The lowest BCUT2D eigenvalue weighted by Crippen LogP contribution is -2.69. The van der Waals surface area contributed by atoms with Gasteiger partial charge in [-0.3, -0.25) is 23.4 Å². The van der Waals surface area contributed by atoms with Crippen LogP contribution in [0.15, 0.2) is 24.3 Å². The Balaban J connectivity index is 1.73. The van der Waals surface area contributed by atoms with E-state index in [1.165, 1.54) is 109 Å². The molecule has 580 valence electrons. The van der Waals surface area contributed by atoms with Gasteiger partial charge >= 0.3 is 25.7 Å². The minimum atomic E-state index is -5.70. The zero-order valence-corrected chi connectivity index (χ0v) is 61.6. The summed E-state index contributed by atoms with van der Waals surface area (Å²) < 4.78 is 65.1. The van der Waals surface area contributed by atoms with Gasteiger partial charge in [-0.05, 0) is 76.5 Å². The first-order valence-corrected chi connectivity index (χ1v) is 40.0. The Labute approximate surface area is 592 Å². The van der Waals surface area contributed by atoms with Crippen molar-refractivity contribution >= 4 is 25.7 Å². The van der Waals surface area contributed by atoms with Crippen molar-refractivity contribution in [3.63, 3.8) is 0 Å². The van der Waals surface area contributed by atoms with Gasteiger partial charge in [0.05, 0.1) is 13.2 Å². The fraction of sp³-hybridized carbons (Fsp3) is 0.905. The van der Waals surface area contributed by atoms with Crippen LogP contribution in [0.5, 0.6) is 0 Å². The number of carbonyl (C=O) groups is 3. The van der Waals surface area contributed by atoms with E-state index in [2.05, 4.69) is 52.0 Å². The van der Waals surface area contributed by atoms with E-state index in [1.807, 2.05) is 0 Å². The topological polar surface area (TPSA) is 374 Å². The number of aliphatic hydroxyl groups excluding tert-OH is 10. The quantitative estimate of drug-likeness (QED) is 0.00886. The molecule has 1 saturated carbocycles. The van der Waals surface area contributed by atoms with Crippen LogP contribution in [0.2, 0.25) is 0 Å². The molecule has 0 radical (unpaired) electrons. The van der Waals surface area contributed by atoms with Crippen LogP contribution in [-0.2, 0) is 61.2 Å². The van der Waals surface area contributed by atoms with Gasteiger partial charge in [-0.15, -0.1) is 0 Å². The lowest BCUT2D eigenvalue weighted by molar-refractivity contribution is -0.360. The number of allylic oxidation sites excluding steroid dienone is 4. The van der Waals surface area contributed by atoms with E-state index < -0.39 is 156 Å². The van der Waals surface area contributed by atoms with Gasteiger partial charge in [0, 0.05) is 19.3 Å². The van der Waals surface area contributed by atoms with Gasteiger partial charge in [0.25, 0.3) is 0 Å². The number of hydrogen-bond donors (Lipinski definition) is 11. The summed E-state index contributed by atoms with van der Waals surface area (Å²) in [6.07, 6.45) is 13.9. The Morgan fingerprint density at radius 1 is 0.414 bits per heavy atom. The van der Waals surface area contributed by atoms with E-state index in [9.17, 15) is 74.9 Å². The monoisotopic (exact) mass is 1440 g/mol. The number of rotatable bonds is 59. The van der Waals surface area contributed by atoms with Gasteiger partial charge in [0.15, 0.2) is 18.7 Å². The highest BCUT2D eigenvalue weighted by molar-refractivity contribution is 7.47. The Morgan fingerprint density at radius 2 is 0.768 bits per heavy atom. The molecular weight excluding hydrogens is 1300 g/mol. The van der Waals surface area contributed by atoms with Crippen LogP contribution >= 0.6 is 7.82 Å². The Morgan fingerprint density at radius 3 is 1.21 bits per heavy atom. The summed E-state index contributed by atoms with van der Waals surface area (Å²) in [5.41, 5.74) is 0. The second-order valence-electron chi connectivity index (χ2n) is 28.0. The molecule has 25 heteroatoms. The fourth-order valence-corrected chi connectivity index (χ4v) is 13.7. The van der Waals surface area contributed by atoms with Crippen molar-refractivity contribution in [3.8, 4) is 0 Å². The smallest absolute Gasteiger partial charge is 0.463 e. The Kier molecular flexibility index (Phi) is 50.3. The molecule has 0 aromatic carbocycles. The van der Waals surface area contributed by atoms with Crippen LogP contribution in [0.1, 0.15) is 291 Å². The van der Waals surface area contributed by atoms with Crippen molar-refractivity contribution in [2.45, 2.75) is 395 Å². The number of esters is 3. The largest absolute Gasteiger partial charge is 0.472 e. The molecule has 99 heavy (non-hydrogen) atoms. The molecule has 2 heterocycles. The molecule has 0 aromatic heterocycles. The molecule has 0 spiro atoms. The van der Waals surface area contributed by atoms with Crippen molar-refractivity contribution < 1.29 is 117 Å². The molecule has 3 aliphatic rings.